The van der Waals surface area contributed by atoms with Crippen molar-refractivity contribution < 1.29 is 0 Å². The molecule has 0 aromatic rings. The lowest BCUT2D eigenvalue weighted by molar-refractivity contribution is 0.887. The van der Waals surface area contributed by atoms with Crippen molar-refractivity contribution in [1.82, 2.24) is 0 Å². The highest BCUT2D eigenvalue weighted by Gasteiger charge is 2.07. The molecule has 0 amide bonds. The van der Waals surface area contributed by atoms with Gasteiger partial charge in [0.05, 0.1) is 8.80 Å². The lowest BCUT2D eigenvalue weighted by Gasteiger charge is -2.08. The van der Waals surface area contributed by atoms with Crippen molar-refractivity contribution in [2.75, 3.05) is 0 Å². The van der Waals surface area contributed by atoms with E-state index in [4.69, 9.17) is 11.6 Å². The first-order valence-corrected chi connectivity index (χ1v) is 6.22. The SMILES string of the molecule is C=C[SiH](C=C)CC(Cl)CC. The van der Waals surface area contributed by atoms with Gasteiger partial charge in [0.1, 0.15) is 0 Å². The van der Waals surface area contributed by atoms with Crippen molar-refractivity contribution in [1.29, 1.82) is 0 Å². The molecule has 0 saturated heterocycles. The molecule has 0 radical (unpaired) electrons. The molecule has 0 aliphatic carbocycles. The number of rotatable bonds is 5. The second-order valence-electron chi connectivity index (χ2n) is 2.38. The fraction of sp³-hybridized carbons (Fsp3) is 0.500. The van der Waals surface area contributed by atoms with Gasteiger partial charge in [-0.1, -0.05) is 6.92 Å². The third-order valence-electron chi connectivity index (χ3n) is 1.58. The molecule has 0 bridgehead atoms. The van der Waals surface area contributed by atoms with E-state index in [1.165, 1.54) is 0 Å². The van der Waals surface area contributed by atoms with Gasteiger partial charge in [0, 0.05) is 5.38 Å². The van der Waals surface area contributed by atoms with E-state index in [1.54, 1.807) is 0 Å². The molecule has 0 nitrogen and oxygen atoms in total. The van der Waals surface area contributed by atoms with Crippen molar-refractivity contribution in [2.45, 2.75) is 24.8 Å². The number of hydrogen-bond acceptors (Lipinski definition) is 0. The van der Waals surface area contributed by atoms with Crippen molar-refractivity contribution in [3.05, 3.63) is 24.6 Å². The van der Waals surface area contributed by atoms with E-state index in [2.05, 4.69) is 20.1 Å². The summed E-state index contributed by atoms with van der Waals surface area (Å²) in [6.07, 6.45) is 1.05. The summed E-state index contributed by atoms with van der Waals surface area (Å²) in [5.74, 6) is 0. The summed E-state index contributed by atoms with van der Waals surface area (Å²) in [7, 11) is -0.872. The smallest absolute Gasteiger partial charge is 0.0852 e. The van der Waals surface area contributed by atoms with Crippen LogP contribution >= 0.6 is 11.6 Å². The normalized spacial score (nSPS) is 13.1. The van der Waals surface area contributed by atoms with Crippen molar-refractivity contribution in [2.24, 2.45) is 0 Å². The van der Waals surface area contributed by atoms with Crippen molar-refractivity contribution in [3.63, 3.8) is 0 Å². The monoisotopic (exact) mass is 174 g/mol. The van der Waals surface area contributed by atoms with Gasteiger partial charge in [-0.05, 0) is 12.5 Å². The molecule has 10 heavy (non-hydrogen) atoms. The van der Waals surface area contributed by atoms with Gasteiger partial charge in [-0.15, -0.1) is 36.2 Å². The highest BCUT2D eigenvalue weighted by Crippen LogP contribution is 2.10. The first-order chi connectivity index (χ1) is 4.74. The Kier molecular flexibility index (Phi) is 5.74. The van der Waals surface area contributed by atoms with Gasteiger partial charge in [-0.2, -0.15) is 0 Å². The van der Waals surface area contributed by atoms with Gasteiger partial charge in [-0.3, -0.25) is 0 Å². The molecule has 0 aliphatic heterocycles. The van der Waals surface area contributed by atoms with Crippen LogP contribution in [0.3, 0.4) is 0 Å². The fourth-order valence-corrected chi connectivity index (χ4v) is 2.87. The zero-order chi connectivity index (χ0) is 7.98. The van der Waals surface area contributed by atoms with Crippen LogP contribution in [-0.2, 0) is 0 Å². The van der Waals surface area contributed by atoms with E-state index in [-0.39, 0.29) is 0 Å². The van der Waals surface area contributed by atoms with Crippen LogP contribution in [0.15, 0.2) is 24.6 Å². The quantitative estimate of drug-likeness (QED) is 0.444. The minimum atomic E-state index is -0.872. The lowest BCUT2D eigenvalue weighted by Crippen LogP contribution is -2.11. The van der Waals surface area contributed by atoms with Crippen LogP contribution in [0, 0.1) is 0 Å². The average Bonchev–Trinajstić information content (AvgIpc) is 1.99. The van der Waals surface area contributed by atoms with Crippen LogP contribution in [-0.4, -0.2) is 14.2 Å². The van der Waals surface area contributed by atoms with E-state index >= 15 is 0 Å². The van der Waals surface area contributed by atoms with E-state index in [0.717, 1.165) is 12.5 Å². The predicted molar refractivity (Wildman–Crippen MR) is 52.3 cm³/mol. The fourth-order valence-electron chi connectivity index (χ4n) is 0.751. The zero-order valence-corrected chi connectivity index (χ0v) is 8.43. The first kappa shape index (κ1) is 9.99. The highest BCUT2D eigenvalue weighted by atomic mass is 35.5. The molecule has 0 aromatic heterocycles. The summed E-state index contributed by atoms with van der Waals surface area (Å²) in [5, 5.41) is 0.327. The van der Waals surface area contributed by atoms with Gasteiger partial charge in [0.2, 0.25) is 0 Å². The molecule has 0 saturated carbocycles. The second-order valence-corrected chi connectivity index (χ2v) is 5.74. The van der Waals surface area contributed by atoms with Crippen molar-refractivity contribution in [3.8, 4) is 0 Å². The molecule has 0 heterocycles. The van der Waals surface area contributed by atoms with Gasteiger partial charge in [0.25, 0.3) is 0 Å². The van der Waals surface area contributed by atoms with E-state index in [9.17, 15) is 0 Å². The summed E-state index contributed by atoms with van der Waals surface area (Å²) in [5.41, 5.74) is 4.05. The molecular weight excluding hydrogens is 160 g/mol. The van der Waals surface area contributed by atoms with Gasteiger partial charge in [0.15, 0.2) is 0 Å². The van der Waals surface area contributed by atoms with Crippen LogP contribution in [0.2, 0.25) is 6.04 Å². The third kappa shape index (κ3) is 3.91. The molecule has 1 unspecified atom stereocenters. The molecule has 0 aliphatic rings. The summed E-state index contributed by atoms with van der Waals surface area (Å²) in [4.78, 5) is 0. The molecule has 1 atom stereocenters. The molecule has 58 valence electrons. The van der Waals surface area contributed by atoms with Crippen LogP contribution in [0.4, 0.5) is 0 Å². The van der Waals surface area contributed by atoms with Crippen LogP contribution < -0.4 is 0 Å². The molecule has 0 fully saturated rings. The Labute approximate surface area is 70.2 Å². The van der Waals surface area contributed by atoms with Gasteiger partial charge < -0.3 is 0 Å². The summed E-state index contributed by atoms with van der Waals surface area (Å²) >= 11 is 5.96. The number of alkyl halides is 1. The Balaban J connectivity index is 3.61. The number of halogens is 1. The molecule has 0 aromatic carbocycles. The summed E-state index contributed by atoms with van der Waals surface area (Å²) < 4.78 is 0. The van der Waals surface area contributed by atoms with Crippen LogP contribution in [0.1, 0.15) is 13.3 Å². The predicted octanol–water partition coefficient (Wildman–Crippen LogP) is 2.68. The van der Waals surface area contributed by atoms with Gasteiger partial charge in [-0.25, -0.2) is 0 Å². The molecule has 0 N–H and O–H groups in total. The topological polar surface area (TPSA) is 0 Å². The second kappa shape index (κ2) is 5.75. The minimum Gasteiger partial charge on any atom is -0.123 e. The standard InChI is InChI=1S/C8H15ClSi/c1-4-8(9)7-10(5-2)6-3/h5-6,8,10H,2-4,7H2,1H3. The van der Waals surface area contributed by atoms with E-state index in [0.29, 0.717) is 5.38 Å². The van der Waals surface area contributed by atoms with Crippen molar-refractivity contribution >= 4 is 20.4 Å². The molecular formula is C8H15ClSi. The summed E-state index contributed by atoms with van der Waals surface area (Å²) in [6.45, 7) is 9.61. The number of hydrogen-bond donors (Lipinski definition) is 0. The summed E-state index contributed by atoms with van der Waals surface area (Å²) in [6, 6.07) is 1.10. The minimum absolute atomic E-state index is 0.327. The van der Waals surface area contributed by atoms with Crippen LogP contribution in [0.5, 0.6) is 0 Å². The maximum absolute atomic E-state index is 5.96. The largest absolute Gasteiger partial charge is 0.123 e. The lowest BCUT2D eigenvalue weighted by atomic mass is 10.4. The highest BCUT2D eigenvalue weighted by molar-refractivity contribution is 6.69. The Bertz CT molecular complexity index is 104. The maximum atomic E-state index is 5.96. The first-order valence-electron chi connectivity index (χ1n) is 3.63. The van der Waals surface area contributed by atoms with E-state index < -0.39 is 8.80 Å². The van der Waals surface area contributed by atoms with Gasteiger partial charge >= 0.3 is 0 Å². The molecule has 0 spiro atoms. The maximum Gasteiger partial charge on any atom is 0.0852 e. The molecule has 0 rings (SSSR count). The zero-order valence-electron chi connectivity index (χ0n) is 6.52. The Morgan fingerprint density at radius 3 is 2.30 bits per heavy atom. The average molecular weight is 175 g/mol. The third-order valence-corrected chi connectivity index (χ3v) is 4.69. The Morgan fingerprint density at radius 1 is 1.50 bits per heavy atom. The Hall–Kier alpha value is -0.0131. The van der Waals surface area contributed by atoms with E-state index in [1.807, 2.05) is 11.4 Å². The van der Waals surface area contributed by atoms with Crippen LogP contribution in [0.25, 0.3) is 0 Å². The molecule has 2 heteroatoms. The Morgan fingerprint density at radius 2 is 2.00 bits per heavy atom.